The lowest BCUT2D eigenvalue weighted by molar-refractivity contribution is 0.0189. The Kier molecular flexibility index (Phi) is 8.50. The first-order valence-electron chi connectivity index (χ1n) is 14.9. The van der Waals surface area contributed by atoms with Gasteiger partial charge in [-0.05, 0) is 57.9 Å². The van der Waals surface area contributed by atoms with Crippen LogP contribution in [0, 0.1) is 0 Å². The van der Waals surface area contributed by atoms with Crippen LogP contribution in [0.1, 0.15) is 39.7 Å². The molecule has 0 bridgehead atoms. The Balaban J connectivity index is 1.61. The second-order valence-electron chi connectivity index (χ2n) is 13.5. The molecule has 0 spiro atoms. The van der Waals surface area contributed by atoms with Gasteiger partial charge in [-0.2, -0.15) is 0 Å². The van der Waals surface area contributed by atoms with Crippen molar-refractivity contribution in [3.05, 3.63) is 40.9 Å². The number of ether oxygens (including phenoxy) is 4. The molecule has 0 radical (unpaired) electrons. The Morgan fingerprint density at radius 3 is 2.26 bits per heavy atom. The Morgan fingerprint density at radius 1 is 1.00 bits per heavy atom. The number of benzene rings is 1. The van der Waals surface area contributed by atoms with Crippen LogP contribution in [-0.4, -0.2) is 72.7 Å². The van der Waals surface area contributed by atoms with E-state index in [0.717, 1.165) is 33.4 Å². The number of hydrogen-bond donors (Lipinski definition) is 0. The fourth-order valence-corrected chi connectivity index (χ4v) is 6.48. The maximum atomic E-state index is 14.4. The highest BCUT2D eigenvalue weighted by Crippen LogP contribution is 2.38. The highest BCUT2D eigenvalue weighted by Gasteiger charge is 2.30. The molecule has 3 aromatic heterocycles. The van der Waals surface area contributed by atoms with E-state index in [2.05, 4.69) is 19.6 Å². The lowest BCUT2D eigenvalue weighted by Crippen LogP contribution is -2.43. The van der Waals surface area contributed by atoms with Gasteiger partial charge in [0.2, 0.25) is 0 Å². The van der Waals surface area contributed by atoms with Gasteiger partial charge in [-0.1, -0.05) is 19.6 Å². The molecular weight excluding hydrogens is 564 g/mol. The number of hydrogen-bond acceptors (Lipinski definition) is 7. The summed E-state index contributed by atoms with van der Waals surface area (Å²) in [5.74, 6) is 1.04. The number of pyridine rings is 2. The summed E-state index contributed by atoms with van der Waals surface area (Å²) >= 11 is 0. The smallest absolute Gasteiger partial charge is 0.410 e. The van der Waals surface area contributed by atoms with E-state index in [1.165, 1.54) is 0 Å². The van der Waals surface area contributed by atoms with Crippen LogP contribution < -0.4 is 15.0 Å². The minimum absolute atomic E-state index is 0.106. The summed E-state index contributed by atoms with van der Waals surface area (Å²) < 4.78 is 26.7. The number of carbonyl (C=O) groups excluding carboxylic acids is 1. The quantitative estimate of drug-likeness (QED) is 0.130. The summed E-state index contributed by atoms with van der Waals surface area (Å²) in [7, 11) is 1.95. The number of methoxy groups -OCH3 is 2. The standard InChI is InChI=1S/C32H44N4O6Si/c1-32(2,3)42-31(38)34-12-9-21(10-13-34)36-28-22-11-14-35(20-41-15-16-43(6,7)8)29(22)33-19-25(28)23-17-26(39-4)27(40-5)18-24(23)30(36)37/h11,14,17-19,21H,9-10,12-13,15-16,20H2,1-8H3. The SMILES string of the molecule is COc1cc2c(=O)n(C3CCN(C(=O)OC(C)(C)C)CC3)c3c(cnc4c3ccn4COCC[Si](C)(C)C)c2cc1OC. The molecular formula is C32H44N4O6Si. The molecule has 1 aliphatic heterocycles. The van der Waals surface area contributed by atoms with E-state index in [-0.39, 0.29) is 17.7 Å². The highest BCUT2D eigenvalue weighted by molar-refractivity contribution is 6.76. The maximum absolute atomic E-state index is 14.4. The van der Waals surface area contributed by atoms with E-state index in [1.807, 2.05) is 54.4 Å². The van der Waals surface area contributed by atoms with E-state index in [0.29, 0.717) is 56.2 Å². The first-order valence-corrected chi connectivity index (χ1v) is 18.7. The molecule has 5 rings (SSSR count). The number of aromatic nitrogens is 3. The van der Waals surface area contributed by atoms with Crippen LogP contribution in [0.2, 0.25) is 25.7 Å². The van der Waals surface area contributed by atoms with E-state index < -0.39 is 13.7 Å². The summed E-state index contributed by atoms with van der Waals surface area (Å²) in [5, 5.41) is 3.04. The molecule has 1 aromatic carbocycles. The lowest BCUT2D eigenvalue weighted by atomic mass is 10.0. The molecule has 4 aromatic rings. The molecule has 1 aliphatic rings. The molecule has 1 fully saturated rings. The number of piperidine rings is 1. The van der Waals surface area contributed by atoms with Crippen LogP contribution in [0.25, 0.3) is 32.7 Å². The van der Waals surface area contributed by atoms with Crippen molar-refractivity contribution in [3.63, 3.8) is 0 Å². The summed E-state index contributed by atoms with van der Waals surface area (Å²) in [6.45, 7) is 14.7. The van der Waals surface area contributed by atoms with Crippen LogP contribution in [0.5, 0.6) is 11.5 Å². The van der Waals surface area contributed by atoms with Gasteiger partial charge in [0.25, 0.3) is 5.56 Å². The van der Waals surface area contributed by atoms with Crippen LogP contribution in [-0.2, 0) is 16.2 Å². The van der Waals surface area contributed by atoms with Gasteiger partial charge in [0.1, 0.15) is 18.0 Å². The molecule has 232 valence electrons. The minimum atomic E-state index is -1.21. The van der Waals surface area contributed by atoms with Crippen LogP contribution >= 0.6 is 0 Å². The first-order chi connectivity index (χ1) is 20.3. The number of rotatable bonds is 8. The zero-order valence-corrected chi connectivity index (χ0v) is 27.7. The van der Waals surface area contributed by atoms with Gasteiger partial charge in [-0.3, -0.25) is 4.79 Å². The molecule has 0 atom stereocenters. The van der Waals surface area contributed by atoms with Crippen molar-refractivity contribution in [1.29, 1.82) is 0 Å². The molecule has 0 N–H and O–H groups in total. The van der Waals surface area contributed by atoms with Crippen molar-refractivity contribution in [1.82, 2.24) is 19.0 Å². The molecule has 0 aliphatic carbocycles. The third-order valence-electron chi connectivity index (χ3n) is 7.97. The zero-order chi connectivity index (χ0) is 31.1. The van der Waals surface area contributed by atoms with Gasteiger partial charge in [0.05, 0.1) is 25.1 Å². The van der Waals surface area contributed by atoms with Crippen molar-refractivity contribution in [2.45, 2.75) is 77.7 Å². The van der Waals surface area contributed by atoms with Gasteiger partial charge in [-0.15, -0.1) is 0 Å². The van der Waals surface area contributed by atoms with Crippen molar-refractivity contribution in [3.8, 4) is 11.5 Å². The maximum Gasteiger partial charge on any atom is 0.410 e. The van der Waals surface area contributed by atoms with Crippen LogP contribution in [0.4, 0.5) is 4.79 Å². The summed E-state index contributed by atoms with van der Waals surface area (Å²) in [4.78, 5) is 33.7. The third-order valence-corrected chi connectivity index (χ3v) is 9.68. The topological polar surface area (TPSA) is 97.1 Å². The van der Waals surface area contributed by atoms with Gasteiger partial charge >= 0.3 is 6.09 Å². The Labute approximate surface area is 253 Å². The highest BCUT2D eigenvalue weighted by atomic mass is 28.3. The molecule has 43 heavy (non-hydrogen) atoms. The normalized spacial score (nSPS) is 15.0. The number of fused-ring (bicyclic) bond motifs is 5. The van der Waals surface area contributed by atoms with Crippen molar-refractivity contribution in [2.24, 2.45) is 0 Å². The Bertz CT molecular complexity index is 1710. The fourth-order valence-electron chi connectivity index (χ4n) is 5.72. The molecule has 11 heteroatoms. The predicted molar refractivity (Wildman–Crippen MR) is 172 cm³/mol. The number of amides is 1. The fraction of sp³-hybridized carbons (Fsp3) is 0.531. The average molecular weight is 609 g/mol. The Hall–Kier alpha value is -3.57. The Morgan fingerprint density at radius 2 is 1.65 bits per heavy atom. The van der Waals surface area contributed by atoms with Gasteiger partial charge in [0.15, 0.2) is 11.5 Å². The second kappa shape index (κ2) is 11.8. The van der Waals surface area contributed by atoms with Gasteiger partial charge in [-0.25, -0.2) is 9.78 Å². The average Bonchev–Trinajstić information content (AvgIpc) is 3.37. The van der Waals surface area contributed by atoms with Crippen LogP contribution in [0.15, 0.2) is 35.4 Å². The molecule has 0 saturated carbocycles. The van der Waals surface area contributed by atoms with E-state index in [1.54, 1.807) is 25.2 Å². The predicted octanol–water partition coefficient (Wildman–Crippen LogP) is 6.41. The number of nitrogens with zero attached hydrogens (tertiary/aromatic N) is 4. The number of likely N-dealkylation sites (tertiary alicyclic amines) is 1. The monoisotopic (exact) mass is 608 g/mol. The molecule has 1 amide bonds. The largest absolute Gasteiger partial charge is 0.493 e. The first kappa shape index (κ1) is 30.9. The van der Waals surface area contributed by atoms with Crippen molar-refractivity contribution >= 4 is 46.9 Å². The molecule has 1 saturated heterocycles. The molecule has 0 unspecified atom stereocenters. The summed E-state index contributed by atoms with van der Waals surface area (Å²) in [6.07, 6.45) is 4.74. The zero-order valence-electron chi connectivity index (χ0n) is 26.7. The van der Waals surface area contributed by atoms with E-state index >= 15 is 0 Å². The van der Waals surface area contributed by atoms with Gasteiger partial charge < -0.3 is 33.0 Å². The lowest BCUT2D eigenvalue weighted by Gasteiger charge is -2.34. The van der Waals surface area contributed by atoms with Crippen molar-refractivity contribution in [2.75, 3.05) is 33.9 Å². The van der Waals surface area contributed by atoms with Crippen molar-refractivity contribution < 1.29 is 23.7 Å². The van der Waals surface area contributed by atoms with E-state index in [9.17, 15) is 9.59 Å². The number of carbonyl (C=O) groups is 1. The third kappa shape index (κ3) is 6.38. The molecule has 10 nitrogen and oxygen atoms in total. The summed E-state index contributed by atoms with van der Waals surface area (Å²) in [6, 6.07) is 6.60. The summed E-state index contributed by atoms with van der Waals surface area (Å²) in [5.41, 5.74) is 0.917. The van der Waals surface area contributed by atoms with E-state index in [4.69, 9.17) is 23.9 Å². The molecule has 4 heterocycles. The minimum Gasteiger partial charge on any atom is -0.493 e. The second-order valence-corrected chi connectivity index (χ2v) is 19.1. The van der Waals surface area contributed by atoms with Crippen LogP contribution in [0.3, 0.4) is 0 Å². The van der Waals surface area contributed by atoms with Gasteiger partial charge in [0, 0.05) is 62.4 Å².